The highest BCUT2D eigenvalue weighted by Crippen LogP contribution is 2.22. The molecule has 0 aliphatic heterocycles. The molecule has 0 aromatic heterocycles. The number of thioether (sulfide) groups is 1. The number of amides is 1. The predicted octanol–water partition coefficient (Wildman–Crippen LogP) is 0.360. The van der Waals surface area contributed by atoms with E-state index < -0.39 is 0 Å². The Kier molecular flexibility index (Phi) is 5.42. The van der Waals surface area contributed by atoms with Crippen molar-refractivity contribution in [2.45, 2.75) is 38.0 Å². The predicted molar refractivity (Wildman–Crippen MR) is 62.9 cm³/mol. The van der Waals surface area contributed by atoms with Gasteiger partial charge in [-0.25, -0.2) is 0 Å². The number of nitrogens with two attached hydrogens (primary N) is 1. The van der Waals surface area contributed by atoms with E-state index >= 15 is 0 Å². The summed E-state index contributed by atoms with van der Waals surface area (Å²) < 4.78 is 5.47. The largest absolute Gasteiger partial charge is 0.376 e. The summed E-state index contributed by atoms with van der Waals surface area (Å²) in [7, 11) is 0. The van der Waals surface area contributed by atoms with Crippen LogP contribution in [-0.2, 0) is 9.53 Å². The van der Waals surface area contributed by atoms with Gasteiger partial charge in [0.15, 0.2) is 0 Å². The maximum atomic E-state index is 11.5. The van der Waals surface area contributed by atoms with E-state index in [1.165, 1.54) is 0 Å². The minimum absolute atomic E-state index is 0.0132. The molecule has 1 saturated carbocycles. The zero-order valence-electron chi connectivity index (χ0n) is 9.36. The van der Waals surface area contributed by atoms with Crippen LogP contribution in [0.3, 0.4) is 0 Å². The monoisotopic (exact) mass is 232 g/mol. The number of rotatable bonds is 6. The van der Waals surface area contributed by atoms with Crippen LogP contribution in [0.2, 0.25) is 0 Å². The van der Waals surface area contributed by atoms with Gasteiger partial charge in [-0.05, 0) is 19.6 Å². The van der Waals surface area contributed by atoms with Crippen LogP contribution in [-0.4, -0.2) is 42.7 Å². The van der Waals surface area contributed by atoms with E-state index in [2.05, 4.69) is 5.32 Å². The summed E-state index contributed by atoms with van der Waals surface area (Å²) in [6, 6.07) is 0.0686. The lowest BCUT2D eigenvalue weighted by Crippen LogP contribution is -2.64. The van der Waals surface area contributed by atoms with Gasteiger partial charge in [-0.15, -0.1) is 0 Å². The van der Waals surface area contributed by atoms with Gasteiger partial charge in [0.2, 0.25) is 5.91 Å². The van der Waals surface area contributed by atoms with Gasteiger partial charge in [0, 0.05) is 24.8 Å². The quantitative estimate of drug-likeness (QED) is 0.694. The van der Waals surface area contributed by atoms with Gasteiger partial charge >= 0.3 is 0 Å². The van der Waals surface area contributed by atoms with Crippen LogP contribution in [0, 0.1) is 0 Å². The van der Waals surface area contributed by atoms with E-state index in [0.29, 0.717) is 13.0 Å². The molecule has 3 atom stereocenters. The maximum Gasteiger partial charge on any atom is 0.221 e. The molecule has 1 rings (SSSR count). The van der Waals surface area contributed by atoms with Gasteiger partial charge in [0.1, 0.15) is 0 Å². The first kappa shape index (κ1) is 12.8. The molecule has 1 amide bonds. The maximum absolute atomic E-state index is 11.5. The molecule has 0 radical (unpaired) electrons. The van der Waals surface area contributed by atoms with Crippen LogP contribution in [0.4, 0.5) is 0 Å². The average molecular weight is 232 g/mol. The molecule has 5 heteroatoms. The van der Waals surface area contributed by atoms with Crippen molar-refractivity contribution in [2.75, 3.05) is 18.6 Å². The Bertz CT molecular complexity index is 212. The lowest BCUT2D eigenvalue weighted by atomic mass is 9.83. The van der Waals surface area contributed by atoms with Crippen LogP contribution >= 0.6 is 11.8 Å². The highest BCUT2D eigenvalue weighted by molar-refractivity contribution is 7.98. The summed E-state index contributed by atoms with van der Waals surface area (Å²) in [6.45, 7) is 2.63. The van der Waals surface area contributed by atoms with Crippen molar-refractivity contribution in [1.29, 1.82) is 0 Å². The Morgan fingerprint density at radius 2 is 2.40 bits per heavy atom. The van der Waals surface area contributed by atoms with Crippen LogP contribution in [0.15, 0.2) is 0 Å². The number of hydrogen-bond donors (Lipinski definition) is 2. The fraction of sp³-hybridized carbons (Fsp3) is 0.900. The van der Waals surface area contributed by atoms with E-state index in [1.54, 1.807) is 11.8 Å². The molecule has 0 spiro atoms. The smallest absolute Gasteiger partial charge is 0.221 e. The summed E-state index contributed by atoms with van der Waals surface area (Å²) in [5, 5.41) is 2.93. The van der Waals surface area contributed by atoms with Crippen molar-refractivity contribution in [1.82, 2.24) is 5.32 Å². The molecule has 0 heterocycles. The number of hydrogen-bond acceptors (Lipinski definition) is 4. The minimum Gasteiger partial charge on any atom is -0.376 e. The lowest BCUT2D eigenvalue weighted by molar-refractivity contribution is -0.125. The zero-order chi connectivity index (χ0) is 11.3. The van der Waals surface area contributed by atoms with Gasteiger partial charge in [-0.2, -0.15) is 11.8 Å². The first-order valence-electron chi connectivity index (χ1n) is 5.34. The Morgan fingerprint density at radius 1 is 1.67 bits per heavy atom. The van der Waals surface area contributed by atoms with E-state index in [0.717, 1.165) is 12.2 Å². The highest BCUT2D eigenvalue weighted by Gasteiger charge is 2.40. The van der Waals surface area contributed by atoms with Crippen molar-refractivity contribution < 1.29 is 9.53 Å². The average Bonchev–Trinajstić information content (AvgIpc) is 2.23. The molecule has 88 valence electrons. The summed E-state index contributed by atoms with van der Waals surface area (Å²) >= 11 is 1.67. The third-order valence-corrected chi connectivity index (χ3v) is 3.22. The number of nitrogens with one attached hydrogen (secondary N) is 1. The Labute approximate surface area is 95.3 Å². The molecule has 1 aliphatic rings. The van der Waals surface area contributed by atoms with E-state index in [1.807, 2.05) is 13.2 Å². The minimum atomic E-state index is 0.0132. The second-order valence-electron chi connectivity index (χ2n) is 3.73. The standard InChI is InChI=1S/C10H20N2O2S/c1-3-14-8-6-7(11)10(8)12-9(13)4-5-15-2/h7-8,10H,3-6,11H2,1-2H3,(H,12,13). The van der Waals surface area contributed by atoms with Gasteiger partial charge in [0.25, 0.3) is 0 Å². The molecule has 3 N–H and O–H groups in total. The fourth-order valence-electron chi connectivity index (χ4n) is 1.68. The van der Waals surface area contributed by atoms with E-state index in [9.17, 15) is 4.79 Å². The van der Waals surface area contributed by atoms with Crippen molar-refractivity contribution in [3.05, 3.63) is 0 Å². The molecule has 3 unspecified atom stereocenters. The molecular weight excluding hydrogens is 212 g/mol. The molecule has 0 aromatic carbocycles. The van der Waals surface area contributed by atoms with Crippen LogP contribution < -0.4 is 11.1 Å². The highest BCUT2D eigenvalue weighted by atomic mass is 32.2. The third-order valence-electron chi connectivity index (χ3n) is 2.61. The molecule has 0 saturated heterocycles. The van der Waals surface area contributed by atoms with Crippen molar-refractivity contribution in [2.24, 2.45) is 5.73 Å². The summed E-state index contributed by atoms with van der Waals surface area (Å²) in [5.41, 5.74) is 5.82. The second kappa shape index (κ2) is 6.35. The Balaban J connectivity index is 2.26. The summed E-state index contributed by atoms with van der Waals surface area (Å²) in [4.78, 5) is 11.5. The fourth-order valence-corrected chi connectivity index (χ4v) is 2.07. The normalized spacial score (nSPS) is 29.7. The topological polar surface area (TPSA) is 64.3 Å². The van der Waals surface area contributed by atoms with Crippen molar-refractivity contribution >= 4 is 17.7 Å². The Morgan fingerprint density at radius 3 is 2.93 bits per heavy atom. The van der Waals surface area contributed by atoms with Crippen LogP contribution in [0.5, 0.6) is 0 Å². The zero-order valence-corrected chi connectivity index (χ0v) is 10.2. The van der Waals surface area contributed by atoms with Crippen LogP contribution in [0.1, 0.15) is 19.8 Å². The second-order valence-corrected chi connectivity index (χ2v) is 4.72. The number of ether oxygens (including phenoxy) is 1. The Hall–Kier alpha value is -0.260. The van der Waals surface area contributed by atoms with Crippen molar-refractivity contribution in [3.63, 3.8) is 0 Å². The molecule has 0 aromatic rings. The number of carbonyl (C=O) groups is 1. The van der Waals surface area contributed by atoms with Gasteiger partial charge in [-0.1, -0.05) is 0 Å². The van der Waals surface area contributed by atoms with Gasteiger partial charge in [-0.3, -0.25) is 4.79 Å². The molecule has 0 bridgehead atoms. The van der Waals surface area contributed by atoms with Crippen molar-refractivity contribution in [3.8, 4) is 0 Å². The van der Waals surface area contributed by atoms with Crippen LogP contribution in [0.25, 0.3) is 0 Å². The molecule has 1 aliphatic carbocycles. The van der Waals surface area contributed by atoms with E-state index in [-0.39, 0.29) is 24.1 Å². The van der Waals surface area contributed by atoms with E-state index in [4.69, 9.17) is 10.5 Å². The van der Waals surface area contributed by atoms with Gasteiger partial charge in [0.05, 0.1) is 12.1 Å². The summed E-state index contributed by atoms with van der Waals surface area (Å²) in [5.74, 6) is 0.932. The lowest BCUT2D eigenvalue weighted by Gasteiger charge is -2.42. The number of carbonyl (C=O) groups excluding carboxylic acids is 1. The molecule has 1 fully saturated rings. The third kappa shape index (κ3) is 3.66. The summed E-state index contributed by atoms with van der Waals surface area (Å²) in [6.07, 6.45) is 3.51. The van der Waals surface area contributed by atoms with Gasteiger partial charge < -0.3 is 15.8 Å². The molecular formula is C10H20N2O2S. The molecule has 4 nitrogen and oxygen atoms in total. The molecule has 15 heavy (non-hydrogen) atoms. The first-order chi connectivity index (χ1) is 7.19. The SMILES string of the molecule is CCOC1CC(N)C1NC(=O)CCSC. The first-order valence-corrected chi connectivity index (χ1v) is 6.74.